The maximum atomic E-state index is 12.8. The van der Waals surface area contributed by atoms with E-state index in [2.05, 4.69) is 4.98 Å². The lowest BCUT2D eigenvalue weighted by Gasteiger charge is -2.35. The molecule has 6 heteroatoms. The van der Waals surface area contributed by atoms with Crippen LogP contribution in [0.2, 0.25) is 5.02 Å². The minimum atomic E-state index is -0.137. The van der Waals surface area contributed by atoms with Gasteiger partial charge in [0.05, 0.1) is 17.7 Å². The molecule has 0 radical (unpaired) electrons. The Labute approximate surface area is 144 Å². The molecule has 116 valence electrons. The summed E-state index contributed by atoms with van der Waals surface area (Å²) in [6, 6.07) is 12.8. The fraction of sp³-hybridized carbons (Fsp3) is 0.235. The lowest BCUT2D eigenvalue weighted by Crippen LogP contribution is -2.41. The zero-order valence-electron chi connectivity index (χ0n) is 12.3. The summed E-state index contributed by atoms with van der Waals surface area (Å²) in [7, 11) is 0. The molecule has 0 bridgehead atoms. The van der Waals surface area contributed by atoms with Gasteiger partial charge in [0.15, 0.2) is 0 Å². The Morgan fingerprint density at radius 3 is 2.87 bits per heavy atom. The van der Waals surface area contributed by atoms with Crippen LogP contribution < -0.4 is 0 Å². The van der Waals surface area contributed by atoms with E-state index in [0.29, 0.717) is 22.8 Å². The van der Waals surface area contributed by atoms with Gasteiger partial charge in [-0.1, -0.05) is 23.7 Å². The van der Waals surface area contributed by atoms with E-state index in [1.54, 1.807) is 12.1 Å². The van der Waals surface area contributed by atoms with Crippen LogP contribution in [0.5, 0.6) is 0 Å². The number of aromatic nitrogens is 1. The molecule has 3 rings (SSSR count). The predicted molar refractivity (Wildman–Crippen MR) is 91.5 cm³/mol. The second-order valence-electron chi connectivity index (χ2n) is 5.18. The van der Waals surface area contributed by atoms with Gasteiger partial charge in [0.2, 0.25) is 0 Å². The molecule has 0 saturated carbocycles. The van der Waals surface area contributed by atoms with Gasteiger partial charge in [-0.25, -0.2) is 0 Å². The number of hydrogen-bond acceptors (Lipinski definition) is 4. The van der Waals surface area contributed by atoms with Gasteiger partial charge in [0.1, 0.15) is 5.69 Å². The zero-order chi connectivity index (χ0) is 16.2. The smallest absolute Gasteiger partial charge is 0.273 e. The summed E-state index contributed by atoms with van der Waals surface area (Å²) in [5, 5.41) is 9.67. The van der Waals surface area contributed by atoms with E-state index in [-0.39, 0.29) is 11.9 Å². The van der Waals surface area contributed by atoms with Crippen LogP contribution in [0.1, 0.15) is 27.7 Å². The fourth-order valence-electron chi connectivity index (χ4n) is 2.57. The highest BCUT2D eigenvalue weighted by Gasteiger charge is 2.29. The lowest BCUT2D eigenvalue weighted by molar-refractivity contribution is 0.0695. The molecule has 1 aromatic carbocycles. The Kier molecular flexibility index (Phi) is 4.85. The molecule has 2 aromatic rings. The second kappa shape index (κ2) is 7.03. The van der Waals surface area contributed by atoms with Gasteiger partial charge < -0.3 is 4.90 Å². The minimum Gasteiger partial charge on any atom is -0.329 e. The van der Waals surface area contributed by atoms with Crippen molar-refractivity contribution in [2.24, 2.45) is 0 Å². The molecule has 2 heterocycles. The van der Waals surface area contributed by atoms with Crippen LogP contribution in [0.4, 0.5) is 0 Å². The number of nitrogens with zero attached hydrogens (tertiary/aromatic N) is 3. The Bertz CT molecular complexity index is 757. The largest absolute Gasteiger partial charge is 0.329 e. The highest BCUT2D eigenvalue weighted by atomic mass is 35.5. The van der Waals surface area contributed by atoms with Crippen molar-refractivity contribution < 1.29 is 4.79 Å². The van der Waals surface area contributed by atoms with E-state index in [1.165, 1.54) is 6.20 Å². The third kappa shape index (κ3) is 3.49. The van der Waals surface area contributed by atoms with Crippen molar-refractivity contribution in [2.45, 2.75) is 6.04 Å². The van der Waals surface area contributed by atoms with E-state index in [9.17, 15) is 4.79 Å². The van der Waals surface area contributed by atoms with Crippen molar-refractivity contribution in [3.8, 4) is 6.07 Å². The van der Waals surface area contributed by atoms with Gasteiger partial charge in [-0.2, -0.15) is 17.0 Å². The Hall–Kier alpha value is -2.03. The summed E-state index contributed by atoms with van der Waals surface area (Å²) in [6.07, 6.45) is 1.50. The number of thioether (sulfide) groups is 1. The van der Waals surface area contributed by atoms with E-state index in [4.69, 9.17) is 16.9 Å². The quantitative estimate of drug-likeness (QED) is 0.837. The monoisotopic (exact) mass is 343 g/mol. The number of amides is 1. The maximum Gasteiger partial charge on any atom is 0.273 e. The van der Waals surface area contributed by atoms with Crippen LogP contribution in [0, 0.1) is 11.3 Å². The van der Waals surface area contributed by atoms with Crippen molar-refractivity contribution >= 4 is 29.3 Å². The van der Waals surface area contributed by atoms with E-state index < -0.39 is 0 Å². The molecule has 1 atom stereocenters. The summed E-state index contributed by atoms with van der Waals surface area (Å²) >= 11 is 7.78. The number of pyridine rings is 1. The molecule has 1 fully saturated rings. The zero-order valence-corrected chi connectivity index (χ0v) is 13.8. The number of benzene rings is 1. The molecule has 0 spiro atoms. The van der Waals surface area contributed by atoms with Crippen LogP contribution in [-0.4, -0.2) is 33.8 Å². The first kappa shape index (κ1) is 15.9. The first-order valence-corrected chi connectivity index (χ1v) is 8.72. The first-order chi connectivity index (χ1) is 11.2. The normalized spacial score (nSPS) is 17.6. The minimum absolute atomic E-state index is 0.00828. The number of halogens is 1. The number of nitriles is 1. The lowest BCUT2D eigenvalue weighted by atomic mass is 10.1. The molecule has 0 N–H and O–H groups in total. The van der Waals surface area contributed by atoms with E-state index in [1.807, 2.05) is 47.0 Å². The molecule has 1 unspecified atom stereocenters. The van der Waals surface area contributed by atoms with Gasteiger partial charge in [0.25, 0.3) is 5.91 Å². The number of carbonyl (C=O) groups excluding carboxylic acids is 1. The van der Waals surface area contributed by atoms with Crippen LogP contribution >= 0.6 is 23.4 Å². The summed E-state index contributed by atoms with van der Waals surface area (Å²) in [4.78, 5) is 18.8. The maximum absolute atomic E-state index is 12.8. The molecular weight excluding hydrogens is 330 g/mol. The Balaban J connectivity index is 1.90. The average Bonchev–Trinajstić information content (AvgIpc) is 2.62. The average molecular weight is 344 g/mol. The molecule has 4 nitrogen and oxygen atoms in total. The number of carbonyl (C=O) groups is 1. The summed E-state index contributed by atoms with van der Waals surface area (Å²) in [5.74, 6) is 1.60. The molecule has 0 aliphatic carbocycles. The standard InChI is InChI=1S/C17H14ClN3OS/c18-14-3-1-13(2-4-14)16-11-23-8-7-21(16)17(22)15-9-12(10-19)5-6-20-15/h1-6,9,16H,7-8,11H2. The van der Waals surface area contributed by atoms with Gasteiger partial charge in [-0.3, -0.25) is 9.78 Å². The van der Waals surface area contributed by atoms with E-state index in [0.717, 1.165) is 17.1 Å². The van der Waals surface area contributed by atoms with Gasteiger partial charge in [-0.15, -0.1) is 0 Å². The van der Waals surface area contributed by atoms with Crippen molar-refractivity contribution in [1.82, 2.24) is 9.88 Å². The van der Waals surface area contributed by atoms with Crippen LogP contribution in [0.3, 0.4) is 0 Å². The number of hydrogen-bond donors (Lipinski definition) is 0. The van der Waals surface area contributed by atoms with Crippen molar-refractivity contribution in [3.05, 3.63) is 64.4 Å². The molecule has 1 aliphatic heterocycles. The second-order valence-corrected chi connectivity index (χ2v) is 6.77. The Morgan fingerprint density at radius 1 is 1.35 bits per heavy atom. The van der Waals surface area contributed by atoms with Crippen LogP contribution in [0.25, 0.3) is 0 Å². The van der Waals surface area contributed by atoms with E-state index >= 15 is 0 Å². The molecule has 1 aliphatic rings. The summed E-state index contributed by atoms with van der Waals surface area (Å²) in [5.41, 5.74) is 1.82. The third-order valence-electron chi connectivity index (χ3n) is 3.75. The summed E-state index contributed by atoms with van der Waals surface area (Å²) in [6.45, 7) is 0.662. The first-order valence-electron chi connectivity index (χ1n) is 7.19. The molecule has 1 aromatic heterocycles. The Morgan fingerprint density at radius 2 is 2.13 bits per heavy atom. The SMILES string of the molecule is N#Cc1ccnc(C(=O)N2CCSCC2c2ccc(Cl)cc2)c1. The molecule has 23 heavy (non-hydrogen) atoms. The van der Waals surface area contributed by atoms with Crippen molar-refractivity contribution in [3.63, 3.8) is 0 Å². The van der Waals surface area contributed by atoms with Gasteiger partial charge >= 0.3 is 0 Å². The molecule has 1 amide bonds. The van der Waals surface area contributed by atoms with Gasteiger partial charge in [0, 0.05) is 29.3 Å². The fourth-order valence-corrected chi connectivity index (χ4v) is 3.79. The predicted octanol–water partition coefficient (Wildman–Crippen LogP) is 3.54. The summed E-state index contributed by atoms with van der Waals surface area (Å²) < 4.78 is 0. The highest BCUT2D eigenvalue weighted by molar-refractivity contribution is 7.99. The highest BCUT2D eigenvalue weighted by Crippen LogP contribution is 2.31. The van der Waals surface area contributed by atoms with Crippen LogP contribution in [-0.2, 0) is 0 Å². The molecule has 1 saturated heterocycles. The molecular formula is C17H14ClN3OS. The number of rotatable bonds is 2. The van der Waals surface area contributed by atoms with Crippen molar-refractivity contribution in [1.29, 1.82) is 5.26 Å². The van der Waals surface area contributed by atoms with Crippen LogP contribution in [0.15, 0.2) is 42.6 Å². The van der Waals surface area contributed by atoms with Gasteiger partial charge in [-0.05, 0) is 29.8 Å². The third-order valence-corrected chi connectivity index (χ3v) is 5.03. The topological polar surface area (TPSA) is 57.0 Å². The van der Waals surface area contributed by atoms with Crippen molar-refractivity contribution in [2.75, 3.05) is 18.1 Å².